The summed E-state index contributed by atoms with van der Waals surface area (Å²) in [6.45, 7) is 2.78. The summed E-state index contributed by atoms with van der Waals surface area (Å²) in [4.78, 5) is 4.53. The van der Waals surface area contributed by atoms with E-state index in [1.54, 1.807) is 35.4 Å². The predicted octanol–water partition coefficient (Wildman–Crippen LogP) is 1.73. The van der Waals surface area contributed by atoms with Gasteiger partial charge in [0.1, 0.15) is 10.7 Å². The van der Waals surface area contributed by atoms with Crippen LogP contribution in [0, 0.1) is 6.92 Å². The van der Waals surface area contributed by atoms with Crippen LogP contribution in [-0.4, -0.2) is 47.6 Å². The molecule has 1 N–H and O–H groups in total. The van der Waals surface area contributed by atoms with Crippen LogP contribution in [-0.2, 0) is 17.1 Å². The van der Waals surface area contributed by atoms with Gasteiger partial charge in [-0.2, -0.15) is 9.40 Å². The molecule has 0 radical (unpaired) electrons. The predicted molar refractivity (Wildman–Crippen MR) is 92.5 cm³/mol. The van der Waals surface area contributed by atoms with E-state index >= 15 is 0 Å². The average Bonchev–Trinajstić information content (AvgIpc) is 2.94. The topological polar surface area (TPSA) is 80.1 Å². The first-order valence-corrected chi connectivity index (χ1v) is 9.50. The van der Waals surface area contributed by atoms with E-state index in [-0.39, 0.29) is 5.92 Å². The zero-order valence-corrected chi connectivity index (χ0v) is 15.0. The van der Waals surface area contributed by atoms with Crippen LogP contribution < -0.4 is 5.32 Å². The number of aryl methyl sites for hydroxylation is 2. The number of pyridine rings is 1. The lowest BCUT2D eigenvalue weighted by atomic mass is 9.92. The Balaban J connectivity index is 1.86. The summed E-state index contributed by atoms with van der Waals surface area (Å²) in [6, 6.07) is 3.97. The monoisotopic (exact) mass is 349 g/mol. The van der Waals surface area contributed by atoms with Crippen LogP contribution in [0.15, 0.2) is 29.4 Å². The Labute approximate surface area is 142 Å². The van der Waals surface area contributed by atoms with Gasteiger partial charge < -0.3 is 5.32 Å². The number of hydrogen-bond donors (Lipinski definition) is 1. The molecule has 1 atom stereocenters. The lowest BCUT2D eigenvalue weighted by molar-refractivity contribution is 0.315. The van der Waals surface area contributed by atoms with Crippen molar-refractivity contribution in [1.29, 1.82) is 0 Å². The molecule has 24 heavy (non-hydrogen) atoms. The molecule has 0 amide bonds. The van der Waals surface area contributed by atoms with Crippen molar-refractivity contribution in [2.45, 2.75) is 30.6 Å². The Morgan fingerprint density at radius 2 is 2.17 bits per heavy atom. The van der Waals surface area contributed by atoms with Crippen LogP contribution in [0.4, 0.5) is 5.82 Å². The molecule has 3 heterocycles. The van der Waals surface area contributed by atoms with Crippen LogP contribution in [0.5, 0.6) is 0 Å². The molecule has 0 aliphatic carbocycles. The fourth-order valence-electron chi connectivity index (χ4n) is 3.24. The summed E-state index contributed by atoms with van der Waals surface area (Å²) in [5, 5.41) is 7.20. The molecular formula is C16H23N5O2S. The van der Waals surface area contributed by atoms with Gasteiger partial charge in [-0.25, -0.2) is 13.4 Å². The largest absolute Gasteiger partial charge is 0.373 e. The summed E-state index contributed by atoms with van der Waals surface area (Å²) in [5.74, 6) is 0.983. The maximum atomic E-state index is 13.0. The molecule has 7 nitrogen and oxygen atoms in total. The highest BCUT2D eigenvalue weighted by molar-refractivity contribution is 7.89. The van der Waals surface area contributed by atoms with Crippen molar-refractivity contribution in [2.24, 2.45) is 7.05 Å². The molecule has 2 aromatic rings. The molecule has 0 spiro atoms. The molecule has 0 unspecified atom stereocenters. The Hall–Kier alpha value is -1.93. The van der Waals surface area contributed by atoms with Crippen molar-refractivity contribution in [3.05, 3.63) is 35.8 Å². The van der Waals surface area contributed by atoms with Crippen molar-refractivity contribution in [3.63, 3.8) is 0 Å². The molecule has 3 rings (SSSR count). The maximum absolute atomic E-state index is 13.0. The highest BCUT2D eigenvalue weighted by atomic mass is 32.2. The molecule has 1 saturated heterocycles. The first kappa shape index (κ1) is 16.9. The average molecular weight is 349 g/mol. The van der Waals surface area contributed by atoms with Crippen molar-refractivity contribution >= 4 is 15.8 Å². The second-order valence-corrected chi connectivity index (χ2v) is 8.09. The number of piperidine rings is 1. The summed E-state index contributed by atoms with van der Waals surface area (Å²) >= 11 is 0. The van der Waals surface area contributed by atoms with E-state index in [9.17, 15) is 8.42 Å². The number of nitrogens with one attached hydrogen (secondary N) is 1. The molecule has 130 valence electrons. The van der Waals surface area contributed by atoms with Crippen molar-refractivity contribution in [2.75, 3.05) is 25.5 Å². The Bertz CT molecular complexity index is 831. The molecule has 1 aliphatic rings. The van der Waals surface area contributed by atoms with Crippen LogP contribution in [0.2, 0.25) is 0 Å². The van der Waals surface area contributed by atoms with Gasteiger partial charge in [0.05, 0.1) is 5.69 Å². The molecule has 2 aromatic heterocycles. The van der Waals surface area contributed by atoms with E-state index in [4.69, 9.17) is 0 Å². The minimum Gasteiger partial charge on any atom is -0.373 e. The molecule has 1 fully saturated rings. The third kappa shape index (κ3) is 3.16. The fourth-order valence-corrected chi connectivity index (χ4v) is 4.96. The van der Waals surface area contributed by atoms with Gasteiger partial charge >= 0.3 is 0 Å². The first-order chi connectivity index (χ1) is 11.4. The van der Waals surface area contributed by atoms with Gasteiger partial charge in [0.15, 0.2) is 0 Å². The maximum Gasteiger partial charge on any atom is 0.246 e. The van der Waals surface area contributed by atoms with Crippen molar-refractivity contribution in [1.82, 2.24) is 19.1 Å². The zero-order valence-electron chi connectivity index (χ0n) is 14.2. The summed E-state index contributed by atoms with van der Waals surface area (Å²) in [7, 11) is 0.0560. The number of aromatic nitrogens is 3. The SMILES string of the molecule is CNc1cc([C@@H]2CCCN(S(=O)(=O)c3cn(C)nc3C)C2)ccn1. The van der Waals surface area contributed by atoms with E-state index in [0.29, 0.717) is 23.7 Å². The van der Waals surface area contributed by atoms with E-state index in [1.165, 1.54) is 0 Å². The third-order valence-corrected chi connectivity index (χ3v) is 6.45. The normalized spacial score (nSPS) is 19.4. The number of nitrogens with zero attached hydrogens (tertiary/aromatic N) is 4. The van der Waals surface area contributed by atoms with Gasteiger partial charge in [-0.15, -0.1) is 0 Å². The van der Waals surface area contributed by atoms with Gasteiger partial charge in [0.25, 0.3) is 0 Å². The molecule has 1 aliphatic heterocycles. The second kappa shape index (κ2) is 6.52. The minimum atomic E-state index is -3.51. The third-order valence-electron chi connectivity index (χ3n) is 4.48. The number of anilines is 1. The smallest absolute Gasteiger partial charge is 0.246 e. The second-order valence-electron chi connectivity index (χ2n) is 6.18. The minimum absolute atomic E-state index is 0.181. The standard InChI is InChI=1S/C16H23N5O2S/c1-12-15(11-20(3)19-12)24(22,23)21-8-4-5-14(10-21)13-6-7-18-16(9-13)17-2/h6-7,9,11,14H,4-5,8,10H2,1-3H3,(H,17,18)/t14-/m1/s1. The highest BCUT2D eigenvalue weighted by Crippen LogP contribution is 2.31. The van der Waals surface area contributed by atoms with Crippen LogP contribution >= 0.6 is 0 Å². The van der Waals surface area contributed by atoms with E-state index < -0.39 is 10.0 Å². The molecule has 0 bridgehead atoms. The van der Waals surface area contributed by atoms with E-state index in [0.717, 1.165) is 24.2 Å². The lowest BCUT2D eigenvalue weighted by Gasteiger charge is -2.32. The summed E-state index contributed by atoms with van der Waals surface area (Å²) in [5.41, 5.74) is 1.66. The van der Waals surface area contributed by atoms with Gasteiger partial charge in [-0.05, 0) is 43.4 Å². The first-order valence-electron chi connectivity index (χ1n) is 8.06. The van der Waals surface area contributed by atoms with Gasteiger partial charge in [-0.3, -0.25) is 4.68 Å². The molecule has 8 heteroatoms. The Morgan fingerprint density at radius 3 is 2.83 bits per heavy atom. The molecule has 0 aromatic carbocycles. The zero-order chi connectivity index (χ0) is 17.3. The molecule has 0 saturated carbocycles. The molecular weight excluding hydrogens is 326 g/mol. The Morgan fingerprint density at radius 1 is 1.38 bits per heavy atom. The van der Waals surface area contributed by atoms with Gasteiger partial charge in [-0.1, -0.05) is 0 Å². The van der Waals surface area contributed by atoms with Gasteiger partial charge in [0, 0.05) is 39.6 Å². The van der Waals surface area contributed by atoms with Crippen LogP contribution in [0.1, 0.15) is 30.0 Å². The quantitative estimate of drug-likeness (QED) is 0.909. The van der Waals surface area contributed by atoms with Crippen LogP contribution in [0.25, 0.3) is 0 Å². The number of rotatable bonds is 4. The highest BCUT2D eigenvalue weighted by Gasteiger charge is 2.33. The van der Waals surface area contributed by atoms with E-state index in [1.807, 2.05) is 19.2 Å². The summed E-state index contributed by atoms with van der Waals surface area (Å²) in [6.07, 6.45) is 5.17. The number of hydrogen-bond acceptors (Lipinski definition) is 5. The lowest BCUT2D eigenvalue weighted by Crippen LogP contribution is -2.39. The van der Waals surface area contributed by atoms with Gasteiger partial charge in [0.2, 0.25) is 10.0 Å². The van der Waals surface area contributed by atoms with E-state index in [2.05, 4.69) is 15.4 Å². The van der Waals surface area contributed by atoms with Crippen LogP contribution in [0.3, 0.4) is 0 Å². The van der Waals surface area contributed by atoms with Crippen molar-refractivity contribution < 1.29 is 8.42 Å². The summed E-state index contributed by atoms with van der Waals surface area (Å²) < 4.78 is 29.1. The Kier molecular flexibility index (Phi) is 4.60. The number of sulfonamides is 1. The fraction of sp³-hybridized carbons (Fsp3) is 0.500. The van der Waals surface area contributed by atoms with Crippen molar-refractivity contribution in [3.8, 4) is 0 Å².